The lowest BCUT2D eigenvalue weighted by molar-refractivity contribution is -0.115. The summed E-state index contributed by atoms with van der Waals surface area (Å²) in [5.74, 6) is -0.136. The van der Waals surface area contributed by atoms with E-state index in [-0.39, 0.29) is 5.91 Å². The number of carbonyl (C=O) groups excluding carboxylic acids is 1. The maximum Gasteiger partial charge on any atom is 0.264 e. The number of hydrogen-bond acceptors (Lipinski definition) is 3. The van der Waals surface area contributed by atoms with Gasteiger partial charge in [0, 0.05) is 9.50 Å². The van der Waals surface area contributed by atoms with E-state index in [2.05, 4.69) is 26.2 Å². The van der Waals surface area contributed by atoms with Gasteiger partial charge < -0.3 is 5.32 Å². The number of thioether (sulfide) groups is 1. The first-order chi connectivity index (χ1) is 11.0. The van der Waals surface area contributed by atoms with Crippen LogP contribution in [0.25, 0.3) is 6.08 Å². The first-order valence-electron chi connectivity index (χ1n) is 6.82. The molecule has 2 aromatic carbocycles. The lowest BCUT2D eigenvalue weighted by Crippen LogP contribution is -2.19. The molecule has 0 aromatic heterocycles. The van der Waals surface area contributed by atoms with E-state index in [1.807, 2.05) is 49.4 Å². The van der Waals surface area contributed by atoms with Crippen LogP contribution in [0.3, 0.4) is 0 Å². The molecule has 1 amide bonds. The molecule has 0 atom stereocenters. The van der Waals surface area contributed by atoms with Crippen molar-refractivity contribution in [3.63, 3.8) is 0 Å². The molecule has 0 spiro atoms. The van der Waals surface area contributed by atoms with E-state index < -0.39 is 0 Å². The van der Waals surface area contributed by atoms with E-state index in [4.69, 9.17) is 11.6 Å². The number of hydrogen-bond donors (Lipinski definition) is 1. The highest BCUT2D eigenvalue weighted by molar-refractivity contribution is 9.10. The molecule has 0 aliphatic carbocycles. The van der Waals surface area contributed by atoms with Gasteiger partial charge in [0.05, 0.1) is 10.6 Å². The molecular weight excluding hydrogens is 396 g/mol. The summed E-state index contributed by atoms with van der Waals surface area (Å²) in [5.41, 5.74) is 2.72. The van der Waals surface area contributed by atoms with Gasteiger partial charge in [-0.15, -0.1) is 0 Å². The van der Waals surface area contributed by atoms with Crippen LogP contribution in [0.15, 0.2) is 56.8 Å². The summed E-state index contributed by atoms with van der Waals surface area (Å²) in [5, 5.41) is 4.03. The van der Waals surface area contributed by atoms with Crippen LogP contribution in [0.4, 0.5) is 5.69 Å². The van der Waals surface area contributed by atoms with Gasteiger partial charge in [0.15, 0.2) is 5.17 Å². The molecule has 0 bridgehead atoms. The van der Waals surface area contributed by atoms with Gasteiger partial charge in [0.25, 0.3) is 5.91 Å². The number of nitrogens with one attached hydrogen (secondary N) is 1. The molecule has 3 nitrogen and oxygen atoms in total. The maximum atomic E-state index is 12.1. The first-order valence-corrected chi connectivity index (χ1v) is 8.81. The number of aryl methyl sites for hydroxylation is 1. The van der Waals surface area contributed by atoms with Crippen LogP contribution in [0.1, 0.15) is 11.1 Å². The van der Waals surface area contributed by atoms with E-state index in [0.717, 1.165) is 21.3 Å². The Balaban J connectivity index is 1.84. The minimum Gasteiger partial charge on any atom is -0.300 e. The monoisotopic (exact) mass is 406 g/mol. The summed E-state index contributed by atoms with van der Waals surface area (Å²) in [6.07, 6.45) is 1.85. The van der Waals surface area contributed by atoms with Crippen LogP contribution in [-0.2, 0) is 4.79 Å². The van der Waals surface area contributed by atoms with Crippen LogP contribution in [0, 0.1) is 6.92 Å². The maximum absolute atomic E-state index is 12.1. The zero-order valence-corrected chi connectivity index (χ0v) is 15.3. The van der Waals surface area contributed by atoms with Crippen LogP contribution in [-0.4, -0.2) is 11.1 Å². The Kier molecular flexibility index (Phi) is 4.90. The molecule has 1 N–H and O–H groups in total. The van der Waals surface area contributed by atoms with E-state index in [1.54, 1.807) is 6.07 Å². The second-order valence-corrected chi connectivity index (χ2v) is 7.35. The molecule has 1 aliphatic heterocycles. The molecule has 23 heavy (non-hydrogen) atoms. The SMILES string of the molecule is Cc1cc(Cl)ccc1N=C1NC(=O)/C(=C/c2ccc(Br)cc2)S1. The van der Waals surface area contributed by atoms with E-state index >= 15 is 0 Å². The van der Waals surface area contributed by atoms with Gasteiger partial charge >= 0.3 is 0 Å². The highest BCUT2D eigenvalue weighted by Crippen LogP contribution is 2.30. The molecule has 1 saturated heterocycles. The summed E-state index contributed by atoms with van der Waals surface area (Å²) in [6.45, 7) is 1.94. The Morgan fingerprint density at radius 3 is 2.65 bits per heavy atom. The minimum atomic E-state index is -0.136. The molecule has 3 rings (SSSR count). The number of aliphatic imine (C=N–C) groups is 1. The van der Waals surface area contributed by atoms with Crippen molar-refractivity contribution in [3.05, 3.63) is 68.0 Å². The van der Waals surface area contributed by atoms with Gasteiger partial charge in [-0.1, -0.05) is 39.7 Å². The fourth-order valence-electron chi connectivity index (χ4n) is 2.04. The van der Waals surface area contributed by atoms with Crippen molar-refractivity contribution >= 4 is 62.1 Å². The van der Waals surface area contributed by atoms with Gasteiger partial charge in [0.1, 0.15) is 0 Å². The summed E-state index contributed by atoms with van der Waals surface area (Å²) in [4.78, 5) is 17.2. The summed E-state index contributed by atoms with van der Waals surface area (Å²) in [7, 11) is 0. The highest BCUT2D eigenvalue weighted by atomic mass is 79.9. The Labute approximate surface area is 152 Å². The fraction of sp³-hybridized carbons (Fsp3) is 0.0588. The van der Waals surface area contributed by atoms with Crippen molar-refractivity contribution < 1.29 is 4.79 Å². The second kappa shape index (κ2) is 6.91. The van der Waals surface area contributed by atoms with Gasteiger partial charge in [-0.05, 0) is 66.2 Å². The molecule has 0 radical (unpaired) electrons. The van der Waals surface area contributed by atoms with Crippen molar-refractivity contribution in [2.45, 2.75) is 6.92 Å². The molecule has 0 saturated carbocycles. The normalized spacial score (nSPS) is 17.8. The molecule has 6 heteroatoms. The topological polar surface area (TPSA) is 41.5 Å². The van der Waals surface area contributed by atoms with Crippen molar-refractivity contribution in [3.8, 4) is 0 Å². The van der Waals surface area contributed by atoms with Crippen molar-refractivity contribution in [2.75, 3.05) is 0 Å². The molecule has 116 valence electrons. The quantitative estimate of drug-likeness (QED) is 0.686. The minimum absolute atomic E-state index is 0.136. The van der Waals surface area contributed by atoms with Crippen LogP contribution in [0.5, 0.6) is 0 Å². The number of amidine groups is 1. The zero-order chi connectivity index (χ0) is 16.4. The molecule has 1 aliphatic rings. The largest absolute Gasteiger partial charge is 0.300 e. The highest BCUT2D eigenvalue weighted by Gasteiger charge is 2.23. The molecule has 2 aromatic rings. The molecule has 1 fully saturated rings. The third-order valence-corrected chi connectivity index (χ3v) is 4.87. The average Bonchev–Trinajstić information content (AvgIpc) is 2.84. The van der Waals surface area contributed by atoms with Crippen LogP contribution >= 0.6 is 39.3 Å². The Bertz CT molecular complexity index is 831. The fourth-order valence-corrected chi connectivity index (χ4v) is 3.37. The molecule has 1 heterocycles. The van der Waals surface area contributed by atoms with Crippen molar-refractivity contribution in [1.82, 2.24) is 5.32 Å². The number of amides is 1. The summed E-state index contributed by atoms with van der Waals surface area (Å²) >= 11 is 10.7. The lowest BCUT2D eigenvalue weighted by atomic mass is 10.2. The van der Waals surface area contributed by atoms with E-state index in [1.165, 1.54) is 11.8 Å². The Hall–Kier alpha value is -1.56. The molecule has 0 unspecified atom stereocenters. The van der Waals surface area contributed by atoms with E-state index in [0.29, 0.717) is 15.1 Å². The smallest absolute Gasteiger partial charge is 0.264 e. The van der Waals surface area contributed by atoms with Gasteiger partial charge in [-0.25, -0.2) is 4.99 Å². The molecular formula is C17H12BrClN2OS. The number of halogens is 2. The third kappa shape index (κ3) is 4.05. The summed E-state index contributed by atoms with van der Waals surface area (Å²) in [6, 6.07) is 13.3. The summed E-state index contributed by atoms with van der Waals surface area (Å²) < 4.78 is 1.00. The Morgan fingerprint density at radius 1 is 1.22 bits per heavy atom. The van der Waals surface area contributed by atoms with Crippen molar-refractivity contribution in [2.24, 2.45) is 4.99 Å². The predicted molar refractivity (Wildman–Crippen MR) is 101 cm³/mol. The average molecular weight is 408 g/mol. The Morgan fingerprint density at radius 2 is 1.96 bits per heavy atom. The number of carbonyl (C=O) groups is 1. The van der Waals surface area contributed by atoms with Gasteiger partial charge in [-0.3, -0.25) is 4.79 Å². The standard InChI is InChI=1S/C17H12BrClN2OS/c1-10-8-13(19)6-7-14(10)20-17-21-16(22)15(23-17)9-11-2-4-12(18)5-3-11/h2-9H,1H3,(H,20,21,22)/b15-9-. The number of rotatable bonds is 2. The third-order valence-electron chi connectivity index (χ3n) is 3.20. The first kappa shape index (κ1) is 16.3. The predicted octanol–water partition coefficient (Wildman–Crippen LogP) is 5.30. The van der Waals surface area contributed by atoms with Gasteiger partial charge in [-0.2, -0.15) is 0 Å². The zero-order valence-electron chi connectivity index (χ0n) is 12.1. The van der Waals surface area contributed by atoms with Crippen LogP contribution < -0.4 is 5.32 Å². The van der Waals surface area contributed by atoms with Gasteiger partial charge in [0.2, 0.25) is 0 Å². The number of benzene rings is 2. The van der Waals surface area contributed by atoms with Crippen molar-refractivity contribution in [1.29, 1.82) is 0 Å². The van der Waals surface area contributed by atoms with Crippen LogP contribution in [0.2, 0.25) is 5.02 Å². The lowest BCUT2D eigenvalue weighted by Gasteiger charge is -2.01. The second-order valence-electron chi connectivity index (χ2n) is 4.96. The van der Waals surface area contributed by atoms with E-state index in [9.17, 15) is 4.79 Å². The number of nitrogens with zero attached hydrogens (tertiary/aromatic N) is 1.